The summed E-state index contributed by atoms with van der Waals surface area (Å²) in [6.07, 6.45) is 2.84. The molecule has 0 spiro atoms. The zero-order chi connectivity index (χ0) is 14.5. The molecule has 3 rings (SSSR count). The lowest BCUT2D eigenvalue weighted by Gasteiger charge is -2.11. The first kappa shape index (κ1) is 16.9. The molecule has 118 valence electrons. The number of rotatable bonds is 5. The number of hydrogen-bond acceptors (Lipinski definition) is 2. The first-order valence-electron chi connectivity index (χ1n) is 7.49. The lowest BCUT2D eigenvalue weighted by molar-refractivity contribution is 0.512. The Morgan fingerprint density at radius 2 is 2.05 bits per heavy atom. The van der Waals surface area contributed by atoms with E-state index in [1.54, 1.807) is 6.26 Å². The lowest BCUT2D eigenvalue weighted by Crippen LogP contribution is -2.39. The van der Waals surface area contributed by atoms with E-state index in [2.05, 4.69) is 52.9 Å². The Morgan fingerprint density at radius 1 is 1.23 bits per heavy atom. The summed E-state index contributed by atoms with van der Waals surface area (Å²) in [5.74, 6) is 2.33. The number of nitrogens with one attached hydrogen (secondary N) is 2. The largest absolute Gasteiger partial charge is 0.467 e. The number of aliphatic imine (C=N–C) groups is 1. The van der Waals surface area contributed by atoms with Crippen LogP contribution in [0, 0.1) is 0 Å². The van der Waals surface area contributed by atoms with Crippen molar-refractivity contribution in [2.75, 3.05) is 6.54 Å². The van der Waals surface area contributed by atoms with Gasteiger partial charge in [-0.05, 0) is 31.0 Å². The summed E-state index contributed by atoms with van der Waals surface area (Å²) >= 11 is 0. The minimum Gasteiger partial charge on any atom is -0.467 e. The third-order valence-electron chi connectivity index (χ3n) is 3.66. The van der Waals surface area contributed by atoms with Gasteiger partial charge in [0.25, 0.3) is 0 Å². The van der Waals surface area contributed by atoms with Crippen molar-refractivity contribution in [1.82, 2.24) is 10.6 Å². The molecular formula is C17H22IN3O. The molecule has 2 unspecified atom stereocenters. The standard InChI is InChI=1S/C17H21N3O.HI/c1-2-18-17(19-12-14-9-6-10-21-14)20-16-11-15(16)13-7-4-3-5-8-13;/h3-10,15-16H,2,11-12H2,1H3,(H2,18,19,20);1H. The van der Waals surface area contributed by atoms with Crippen LogP contribution in [0.4, 0.5) is 0 Å². The molecule has 0 radical (unpaired) electrons. The van der Waals surface area contributed by atoms with Gasteiger partial charge in [-0.1, -0.05) is 30.3 Å². The molecule has 5 heteroatoms. The van der Waals surface area contributed by atoms with Gasteiger partial charge < -0.3 is 15.1 Å². The molecule has 2 aromatic rings. The van der Waals surface area contributed by atoms with Crippen LogP contribution in [0.5, 0.6) is 0 Å². The van der Waals surface area contributed by atoms with E-state index in [-0.39, 0.29) is 24.0 Å². The summed E-state index contributed by atoms with van der Waals surface area (Å²) in [6.45, 7) is 3.49. The van der Waals surface area contributed by atoms with Crippen molar-refractivity contribution in [3.8, 4) is 0 Å². The van der Waals surface area contributed by atoms with Gasteiger partial charge in [-0.3, -0.25) is 0 Å². The molecule has 1 aromatic heterocycles. The van der Waals surface area contributed by atoms with Crippen LogP contribution in [0.1, 0.15) is 30.6 Å². The topological polar surface area (TPSA) is 49.6 Å². The van der Waals surface area contributed by atoms with Gasteiger partial charge in [0.15, 0.2) is 5.96 Å². The van der Waals surface area contributed by atoms with Crippen LogP contribution in [0.3, 0.4) is 0 Å². The Labute approximate surface area is 148 Å². The van der Waals surface area contributed by atoms with Gasteiger partial charge in [0.05, 0.1) is 6.26 Å². The highest BCUT2D eigenvalue weighted by Gasteiger charge is 2.38. The van der Waals surface area contributed by atoms with E-state index in [1.165, 1.54) is 5.56 Å². The molecule has 1 aromatic carbocycles. The quantitative estimate of drug-likeness (QED) is 0.450. The van der Waals surface area contributed by atoms with E-state index in [0.29, 0.717) is 18.5 Å². The fourth-order valence-electron chi connectivity index (χ4n) is 2.48. The van der Waals surface area contributed by atoms with Crippen LogP contribution >= 0.6 is 24.0 Å². The second-order valence-corrected chi connectivity index (χ2v) is 5.28. The van der Waals surface area contributed by atoms with Crippen molar-refractivity contribution in [1.29, 1.82) is 0 Å². The highest BCUT2D eigenvalue weighted by atomic mass is 127. The van der Waals surface area contributed by atoms with Crippen LogP contribution in [0.25, 0.3) is 0 Å². The lowest BCUT2D eigenvalue weighted by atomic mass is 10.1. The van der Waals surface area contributed by atoms with Gasteiger partial charge >= 0.3 is 0 Å². The van der Waals surface area contributed by atoms with E-state index in [9.17, 15) is 0 Å². The number of nitrogens with zero attached hydrogens (tertiary/aromatic N) is 1. The second-order valence-electron chi connectivity index (χ2n) is 5.28. The smallest absolute Gasteiger partial charge is 0.191 e. The number of guanidine groups is 1. The van der Waals surface area contributed by atoms with Crippen molar-refractivity contribution < 1.29 is 4.42 Å². The summed E-state index contributed by atoms with van der Waals surface area (Å²) in [5.41, 5.74) is 1.40. The predicted octanol–water partition coefficient (Wildman–Crippen LogP) is 3.51. The molecule has 22 heavy (non-hydrogen) atoms. The molecule has 2 atom stereocenters. The summed E-state index contributed by atoms with van der Waals surface area (Å²) in [5, 5.41) is 6.79. The molecule has 1 aliphatic rings. The highest BCUT2D eigenvalue weighted by molar-refractivity contribution is 14.0. The molecule has 1 saturated carbocycles. The van der Waals surface area contributed by atoms with Gasteiger partial charge in [0, 0.05) is 18.5 Å². The van der Waals surface area contributed by atoms with E-state index in [1.807, 2.05) is 12.1 Å². The molecule has 0 saturated heterocycles. The summed E-state index contributed by atoms with van der Waals surface area (Å²) in [4.78, 5) is 4.56. The Hall–Kier alpha value is -1.50. The Balaban J connectivity index is 0.00000176. The van der Waals surface area contributed by atoms with E-state index >= 15 is 0 Å². The second kappa shape index (κ2) is 8.22. The SMILES string of the molecule is CCNC(=NCc1ccco1)NC1CC1c1ccccc1.I. The zero-order valence-electron chi connectivity index (χ0n) is 12.7. The predicted molar refractivity (Wildman–Crippen MR) is 99.7 cm³/mol. The average molecular weight is 411 g/mol. The van der Waals surface area contributed by atoms with Crippen molar-refractivity contribution in [2.45, 2.75) is 31.8 Å². The molecule has 0 bridgehead atoms. The fourth-order valence-corrected chi connectivity index (χ4v) is 2.48. The minimum absolute atomic E-state index is 0. The van der Waals surface area contributed by atoms with Crippen molar-refractivity contribution in [3.05, 3.63) is 60.1 Å². The normalized spacial score (nSPS) is 20.1. The van der Waals surface area contributed by atoms with E-state index < -0.39 is 0 Å². The van der Waals surface area contributed by atoms with E-state index in [0.717, 1.165) is 24.7 Å². The van der Waals surface area contributed by atoms with Crippen LogP contribution in [-0.4, -0.2) is 18.5 Å². The maximum atomic E-state index is 5.31. The number of furan rings is 1. The maximum Gasteiger partial charge on any atom is 0.191 e. The van der Waals surface area contributed by atoms with Crippen LogP contribution in [0.2, 0.25) is 0 Å². The third kappa shape index (κ3) is 4.50. The summed E-state index contributed by atoms with van der Waals surface area (Å²) < 4.78 is 5.31. The molecule has 0 amide bonds. The van der Waals surface area contributed by atoms with Crippen molar-refractivity contribution >= 4 is 29.9 Å². The molecular weight excluding hydrogens is 389 g/mol. The van der Waals surface area contributed by atoms with Crippen LogP contribution in [-0.2, 0) is 6.54 Å². The Bertz CT molecular complexity index is 583. The highest BCUT2D eigenvalue weighted by Crippen LogP contribution is 2.40. The molecule has 4 nitrogen and oxygen atoms in total. The van der Waals surface area contributed by atoms with Gasteiger partial charge in [-0.2, -0.15) is 0 Å². The van der Waals surface area contributed by atoms with E-state index in [4.69, 9.17) is 4.42 Å². The van der Waals surface area contributed by atoms with Crippen LogP contribution in [0.15, 0.2) is 58.1 Å². The first-order valence-corrected chi connectivity index (χ1v) is 7.49. The molecule has 0 aliphatic heterocycles. The minimum atomic E-state index is 0. The fraction of sp³-hybridized carbons (Fsp3) is 0.353. The van der Waals surface area contributed by atoms with Gasteiger partial charge in [-0.15, -0.1) is 24.0 Å². The number of halogens is 1. The molecule has 1 fully saturated rings. The van der Waals surface area contributed by atoms with Gasteiger partial charge in [0.2, 0.25) is 0 Å². The van der Waals surface area contributed by atoms with Gasteiger partial charge in [0.1, 0.15) is 12.3 Å². The first-order chi connectivity index (χ1) is 10.4. The third-order valence-corrected chi connectivity index (χ3v) is 3.66. The Kier molecular flexibility index (Phi) is 6.30. The van der Waals surface area contributed by atoms with Crippen LogP contribution < -0.4 is 10.6 Å². The van der Waals surface area contributed by atoms with Gasteiger partial charge in [-0.25, -0.2) is 4.99 Å². The number of benzene rings is 1. The summed E-state index contributed by atoms with van der Waals surface area (Å²) in [6, 6.07) is 14.9. The zero-order valence-corrected chi connectivity index (χ0v) is 15.0. The van der Waals surface area contributed by atoms with Crippen molar-refractivity contribution in [2.24, 2.45) is 4.99 Å². The molecule has 1 heterocycles. The summed E-state index contributed by atoms with van der Waals surface area (Å²) in [7, 11) is 0. The number of hydrogen-bond donors (Lipinski definition) is 2. The maximum absolute atomic E-state index is 5.31. The molecule has 2 N–H and O–H groups in total. The van der Waals surface area contributed by atoms with Crippen molar-refractivity contribution in [3.63, 3.8) is 0 Å². The average Bonchev–Trinajstić information content (AvgIpc) is 3.08. The molecule has 1 aliphatic carbocycles. The Morgan fingerprint density at radius 3 is 2.73 bits per heavy atom. The monoisotopic (exact) mass is 411 g/mol.